The van der Waals surface area contributed by atoms with Gasteiger partial charge in [-0.25, -0.2) is 4.98 Å². The van der Waals surface area contributed by atoms with Gasteiger partial charge in [-0.15, -0.1) is 11.3 Å². The van der Waals surface area contributed by atoms with Gasteiger partial charge >= 0.3 is 0 Å². The van der Waals surface area contributed by atoms with Crippen LogP contribution in [0, 0.1) is 5.92 Å². The van der Waals surface area contributed by atoms with Crippen molar-refractivity contribution in [2.75, 3.05) is 0 Å². The Morgan fingerprint density at radius 2 is 2.15 bits per heavy atom. The standard InChI is InChI=1S/C19H19N5O2S/c1-12(2)10-15-21-17(13-6-3-4-8-24(13)15)19(25)20-11-16-22-18(23-26-16)14-7-5-9-27-14/h3-9,12H,10-11H2,1-2H3,(H,20,25). The molecular formula is C19H19N5O2S. The molecule has 1 amide bonds. The van der Waals surface area contributed by atoms with Gasteiger partial charge in [0.1, 0.15) is 5.82 Å². The van der Waals surface area contributed by atoms with Gasteiger partial charge in [0, 0.05) is 12.6 Å². The zero-order valence-electron chi connectivity index (χ0n) is 15.0. The Kier molecular flexibility index (Phi) is 4.72. The summed E-state index contributed by atoms with van der Waals surface area (Å²) in [5.74, 6) is 1.95. The predicted molar refractivity (Wildman–Crippen MR) is 103 cm³/mol. The van der Waals surface area contributed by atoms with Crippen LogP contribution in [0.1, 0.15) is 36.1 Å². The lowest BCUT2D eigenvalue weighted by atomic mass is 10.1. The third kappa shape index (κ3) is 3.61. The van der Waals surface area contributed by atoms with Crippen LogP contribution < -0.4 is 5.32 Å². The monoisotopic (exact) mass is 381 g/mol. The second-order valence-corrected chi connectivity index (χ2v) is 7.55. The van der Waals surface area contributed by atoms with E-state index in [4.69, 9.17) is 4.52 Å². The summed E-state index contributed by atoms with van der Waals surface area (Å²) in [6.07, 6.45) is 2.73. The number of carbonyl (C=O) groups is 1. The SMILES string of the molecule is CC(C)Cc1nc(C(=O)NCc2nc(-c3cccs3)no2)c2ccccn12. The number of imidazole rings is 1. The maximum Gasteiger partial charge on any atom is 0.272 e. The summed E-state index contributed by atoms with van der Waals surface area (Å²) in [4.78, 5) is 22.5. The number of thiophene rings is 1. The Morgan fingerprint density at radius 1 is 1.26 bits per heavy atom. The first-order valence-corrected chi connectivity index (χ1v) is 9.60. The summed E-state index contributed by atoms with van der Waals surface area (Å²) in [5.41, 5.74) is 1.19. The lowest BCUT2D eigenvalue weighted by molar-refractivity contribution is 0.0943. The van der Waals surface area contributed by atoms with Crippen LogP contribution in [0.3, 0.4) is 0 Å². The van der Waals surface area contributed by atoms with Crippen molar-refractivity contribution < 1.29 is 9.32 Å². The molecule has 138 valence electrons. The highest BCUT2D eigenvalue weighted by Gasteiger charge is 2.18. The Hall–Kier alpha value is -3.00. The third-order valence-corrected chi connectivity index (χ3v) is 4.90. The van der Waals surface area contributed by atoms with Crippen molar-refractivity contribution >= 4 is 22.8 Å². The smallest absolute Gasteiger partial charge is 0.272 e. The normalized spacial score (nSPS) is 11.4. The van der Waals surface area contributed by atoms with Crippen LogP contribution in [-0.2, 0) is 13.0 Å². The van der Waals surface area contributed by atoms with Crippen LogP contribution in [-0.4, -0.2) is 25.4 Å². The first-order chi connectivity index (χ1) is 13.1. The molecule has 27 heavy (non-hydrogen) atoms. The molecule has 0 aliphatic carbocycles. The van der Waals surface area contributed by atoms with Crippen molar-refractivity contribution in [3.8, 4) is 10.7 Å². The molecule has 0 fully saturated rings. The van der Waals surface area contributed by atoms with E-state index in [1.54, 1.807) is 0 Å². The minimum absolute atomic E-state index is 0.155. The Labute approximate surface area is 160 Å². The van der Waals surface area contributed by atoms with Gasteiger partial charge in [-0.1, -0.05) is 31.1 Å². The summed E-state index contributed by atoms with van der Waals surface area (Å²) in [7, 11) is 0. The molecule has 0 atom stereocenters. The maximum atomic E-state index is 12.7. The molecule has 4 aromatic rings. The van der Waals surface area contributed by atoms with Crippen molar-refractivity contribution in [2.45, 2.75) is 26.8 Å². The van der Waals surface area contributed by atoms with Gasteiger partial charge in [0.25, 0.3) is 5.91 Å². The number of fused-ring (bicyclic) bond motifs is 1. The second-order valence-electron chi connectivity index (χ2n) is 6.60. The molecule has 4 aromatic heterocycles. The number of pyridine rings is 1. The van der Waals surface area contributed by atoms with E-state index >= 15 is 0 Å². The quantitative estimate of drug-likeness (QED) is 0.552. The highest BCUT2D eigenvalue weighted by atomic mass is 32.1. The lowest BCUT2D eigenvalue weighted by Gasteiger charge is -2.02. The number of nitrogens with one attached hydrogen (secondary N) is 1. The van der Waals surface area contributed by atoms with E-state index < -0.39 is 0 Å². The van der Waals surface area contributed by atoms with Gasteiger partial charge in [-0.3, -0.25) is 4.79 Å². The summed E-state index contributed by atoms with van der Waals surface area (Å²) < 4.78 is 7.19. The first kappa shape index (κ1) is 17.4. The molecule has 0 spiro atoms. The Morgan fingerprint density at radius 3 is 2.93 bits per heavy atom. The summed E-state index contributed by atoms with van der Waals surface area (Å²) in [5, 5.41) is 8.72. The van der Waals surface area contributed by atoms with E-state index in [1.165, 1.54) is 11.3 Å². The van der Waals surface area contributed by atoms with E-state index in [-0.39, 0.29) is 12.5 Å². The summed E-state index contributed by atoms with van der Waals surface area (Å²) in [6.45, 7) is 4.41. The molecule has 7 nitrogen and oxygen atoms in total. The highest BCUT2D eigenvalue weighted by molar-refractivity contribution is 7.13. The number of amides is 1. The second kappa shape index (κ2) is 7.32. The molecule has 0 aromatic carbocycles. The van der Waals surface area contributed by atoms with Crippen LogP contribution in [0.4, 0.5) is 0 Å². The number of rotatable bonds is 6. The van der Waals surface area contributed by atoms with Crippen molar-refractivity contribution in [3.05, 3.63) is 59.3 Å². The average molecular weight is 381 g/mol. The zero-order valence-corrected chi connectivity index (χ0v) is 15.9. The summed E-state index contributed by atoms with van der Waals surface area (Å²) in [6, 6.07) is 9.58. The van der Waals surface area contributed by atoms with Gasteiger partial charge in [0.15, 0.2) is 5.69 Å². The predicted octanol–water partition coefficient (Wildman–Crippen LogP) is 3.57. The fraction of sp³-hybridized carbons (Fsp3) is 0.263. The molecule has 0 saturated heterocycles. The fourth-order valence-corrected chi connectivity index (χ4v) is 3.50. The van der Waals surface area contributed by atoms with Gasteiger partial charge in [0.05, 0.1) is 16.9 Å². The maximum absolute atomic E-state index is 12.7. The van der Waals surface area contributed by atoms with Gasteiger partial charge < -0.3 is 14.2 Å². The van der Waals surface area contributed by atoms with Crippen LogP contribution in [0.5, 0.6) is 0 Å². The van der Waals surface area contributed by atoms with Crippen molar-refractivity contribution in [1.29, 1.82) is 0 Å². The highest BCUT2D eigenvalue weighted by Crippen LogP contribution is 2.21. The number of hydrogen-bond acceptors (Lipinski definition) is 6. The molecule has 0 bridgehead atoms. The van der Waals surface area contributed by atoms with Crippen molar-refractivity contribution in [2.24, 2.45) is 5.92 Å². The Balaban J connectivity index is 1.52. The van der Waals surface area contributed by atoms with Gasteiger partial charge in [-0.05, 0) is 29.5 Å². The molecule has 0 saturated carbocycles. The molecule has 1 N–H and O–H groups in total. The first-order valence-electron chi connectivity index (χ1n) is 8.72. The van der Waals surface area contributed by atoms with Crippen LogP contribution >= 0.6 is 11.3 Å². The van der Waals surface area contributed by atoms with E-state index in [9.17, 15) is 4.79 Å². The molecule has 0 radical (unpaired) electrons. The number of nitrogens with zero attached hydrogens (tertiary/aromatic N) is 4. The zero-order chi connectivity index (χ0) is 18.8. The molecule has 0 aliphatic heterocycles. The van der Waals surface area contributed by atoms with Crippen LogP contribution in [0.2, 0.25) is 0 Å². The lowest BCUT2D eigenvalue weighted by Crippen LogP contribution is -2.23. The molecule has 0 aliphatic rings. The summed E-state index contributed by atoms with van der Waals surface area (Å²) >= 11 is 1.53. The minimum atomic E-state index is -0.260. The molecule has 4 heterocycles. The fourth-order valence-electron chi connectivity index (χ4n) is 2.85. The van der Waals surface area contributed by atoms with Crippen LogP contribution in [0.25, 0.3) is 16.2 Å². The number of hydrogen-bond donors (Lipinski definition) is 1. The van der Waals surface area contributed by atoms with Crippen molar-refractivity contribution in [3.63, 3.8) is 0 Å². The van der Waals surface area contributed by atoms with Gasteiger partial charge in [-0.2, -0.15) is 4.98 Å². The molecular weight excluding hydrogens is 362 g/mol. The number of carbonyl (C=O) groups excluding carboxylic acids is 1. The van der Waals surface area contributed by atoms with Crippen LogP contribution in [0.15, 0.2) is 46.4 Å². The minimum Gasteiger partial charge on any atom is -0.342 e. The van der Waals surface area contributed by atoms with E-state index in [0.29, 0.717) is 23.3 Å². The van der Waals surface area contributed by atoms with Gasteiger partial charge in [0.2, 0.25) is 11.7 Å². The van der Waals surface area contributed by atoms with E-state index in [2.05, 4.69) is 34.3 Å². The topological polar surface area (TPSA) is 85.3 Å². The molecule has 0 unspecified atom stereocenters. The molecule has 8 heteroatoms. The molecule has 4 rings (SSSR count). The van der Waals surface area contributed by atoms with E-state index in [1.807, 2.05) is 46.3 Å². The van der Waals surface area contributed by atoms with Crippen molar-refractivity contribution in [1.82, 2.24) is 24.8 Å². The number of aromatic nitrogens is 4. The third-order valence-electron chi connectivity index (χ3n) is 4.04. The largest absolute Gasteiger partial charge is 0.342 e. The Bertz CT molecular complexity index is 1070. The van der Waals surface area contributed by atoms with E-state index in [0.717, 1.165) is 22.6 Å². The average Bonchev–Trinajstić information content (AvgIpc) is 3.39.